The zero-order valence-electron chi connectivity index (χ0n) is 14.4. The van der Waals surface area contributed by atoms with Crippen LogP contribution in [0.5, 0.6) is 0 Å². The third kappa shape index (κ3) is 3.52. The fourth-order valence-corrected chi connectivity index (χ4v) is 3.59. The molecule has 1 aliphatic heterocycles. The number of nitrogens with zero attached hydrogens (tertiary/aromatic N) is 3. The summed E-state index contributed by atoms with van der Waals surface area (Å²) in [5.41, 5.74) is 0. The molecule has 0 radical (unpaired) electrons. The number of carbonyl (C=O) groups excluding carboxylic acids is 1. The summed E-state index contributed by atoms with van der Waals surface area (Å²) >= 11 is 1.60. The Morgan fingerprint density at radius 1 is 1.38 bits per heavy atom. The fourth-order valence-electron chi connectivity index (χ4n) is 2.81. The van der Waals surface area contributed by atoms with E-state index in [4.69, 9.17) is 4.74 Å². The Morgan fingerprint density at radius 3 is 2.79 bits per heavy atom. The van der Waals surface area contributed by atoms with Crippen LogP contribution in [0.4, 0.5) is 5.82 Å². The summed E-state index contributed by atoms with van der Waals surface area (Å²) in [6.45, 7) is 8.68. The molecule has 0 saturated carbocycles. The maximum Gasteiger partial charge on any atom is 0.245 e. The van der Waals surface area contributed by atoms with Gasteiger partial charge in [-0.25, -0.2) is 9.97 Å². The van der Waals surface area contributed by atoms with E-state index in [9.17, 15) is 4.79 Å². The van der Waals surface area contributed by atoms with E-state index in [0.717, 1.165) is 28.3 Å². The molecule has 1 fully saturated rings. The molecule has 0 bridgehead atoms. The Morgan fingerprint density at radius 2 is 2.12 bits per heavy atom. The summed E-state index contributed by atoms with van der Waals surface area (Å²) in [6.07, 6.45) is 0.770. The largest absolute Gasteiger partial charge is 0.378 e. The maximum absolute atomic E-state index is 12.9. The SMILES string of the molecule is CCc1nc(NC(C(=O)N2CCOCC2)C(C)C)c2ccsc2n1. The van der Waals surface area contributed by atoms with Gasteiger partial charge in [-0.2, -0.15) is 0 Å². The van der Waals surface area contributed by atoms with Gasteiger partial charge in [0, 0.05) is 19.5 Å². The predicted octanol–water partition coefficient (Wildman–Crippen LogP) is 2.55. The molecule has 0 aliphatic carbocycles. The lowest BCUT2D eigenvalue weighted by Gasteiger charge is -2.32. The van der Waals surface area contributed by atoms with Crippen molar-refractivity contribution in [3.05, 3.63) is 17.3 Å². The van der Waals surface area contributed by atoms with Gasteiger partial charge in [-0.1, -0.05) is 20.8 Å². The molecule has 1 aliphatic rings. The van der Waals surface area contributed by atoms with Gasteiger partial charge >= 0.3 is 0 Å². The van der Waals surface area contributed by atoms with Crippen LogP contribution in [-0.2, 0) is 16.0 Å². The van der Waals surface area contributed by atoms with Gasteiger partial charge in [0.1, 0.15) is 22.5 Å². The second kappa shape index (κ2) is 7.44. The molecular weight excluding hydrogens is 324 g/mol. The minimum Gasteiger partial charge on any atom is -0.378 e. The number of ether oxygens (including phenoxy) is 1. The quantitative estimate of drug-likeness (QED) is 0.899. The third-order valence-corrected chi connectivity index (χ3v) is 5.04. The molecule has 1 atom stereocenters. The Kier molecular flexibility index (Phi) is 5.30. The van der Waals surface area contributed by atoms with E-state index in [1.165, 1.54) is 0 Å². The molecule has 1 N–H and O–H groups in total. The van der Waals surface area contributed by atoms with E-state index in [-0.39, 0.29) is 17.9 Å². The number of carbonyl (C=O) groups is 1. The zero-order valence-corrected chi connectivity index (χ0v) is 15.2. The number of aromatic nitrogens is 2. The van der Waals surface area contributed by atoms with Crippen molar-refractivity contribution in [1.29, 1.82) is 0 Å². The van der Waals surface area contributed by atoms with Gasteiger partial charge in [0.25, 0.3) is 0 Å². The Labute approximate surface area is 146 Å². The van der Waals surface area contributed by atoms with Crippen molar-refractivity contribution >= 4 is 33.3 Å². The first-order valence-corrected chi connectivity index (χ1v) is 9.35. The van der Waals surface area contributed by atoms with Crippen LogP contribution in [0.25, 0.3) is 10.2 Å². The molecule has 2 aromatic heterocycles. The average molecular weight is 348 g/mol. The molecule has 3 rings (SSSR count). The number of aryl methyl sites for hydroxylation is 1. The van der Waals surface area contributed by atoms with Crippen LogP contribution in [0.1, 0.15) is 26.6 Å². The standard InChI is InChI=1S/C17H24N4O2S/c1-4-13-18-15(12-5-10-24-16(12)19-13)20-14(11(2)3)17(22)21-6-8-23-9-7-21/h5,10-11,14H,4,6-9H2,1-3H3,(H,18,19,20). The van der Waals surface area contributed by atoms with Crippen molar-refractivity contribution in [2.24, 2.45) is 5.92 Å². The van der Waals surface area contributed by atoms with Gasteiger partial charge in [0.15, 0.2) is 0 Å². The van der Waals surface area contributed by atoms with E-state index in [1.54, 1.807) is 11.3 Å². The van der Waals surface area contributed by atoms with Crippen LogP contribution in [0.15, 0.2) is 11.4 Å². The van der Waals surface area contributed by atoms with Crippen LogP contribution in [0.2, 0.25) is 0 Å². The van der Waals surface area contributed by atoms with Crippen molar-refractivity contribution < 1.29 is 9.53 Å². The van der Waals surface area contributed by atoms with Crippen molar-refractivity contribution in [1.82, 2.24) is 14.9 Å². The van der Waals surface area contributed by atoms with E-state index >= 15 is 0 Å². The number of anilines is 1. The topological polar surface area (TPSA) is 67.4 Å². The molecule has 6 nitrogen and oxygen atoms in total. The van der Waals surface area contributed by atoms with Crippen LogP contribution in [0, 0.1) is 5.92 Å². The first kappa shape index (κ1) is 17.1. The highest BCUT2D eigenvalue weighted by Crippen LogP contribution is 2.27. The summed E-state index contributed by atoms with van der Waals surface area (Å²) in [4.78, 5) is 25.0. The van der Waals surface area contributed by atoms with Gasteiger partial charge in [-0.3, -0.25) is 4.79 Å². The molecule has 3 heterocycles. The summed E-state index contributed by atoms with van der Waals surface area (Å²) < 4.78 is 5.35. The van der Waals surface area contributed by atoms with Crippen LogP contribution < -0.4 is 5.32 Å². The number of hydrogen-bond acceptors (Lipinski definition) is 6. The van der Waals surface area contributed by atoms with Crippen LogP contribution >= 0.6 is 11.3 Å². The Balaban J connectivity index is 1.88. The summed E-state index contributed by atoms with van der Waals surface area (Å²) in [6, 6.07) is 1.71. The lowest BCUT2D eigenvalue weighted by molar-refractivity contribution is -0.137. The minimum atomic E-state index is -0.300. The third-order valence-electron chi connectivity index (χ3n) is 4.24. The van der Waals surface area contributed by atoms with Crippen molar-refractivity contribution in [2.75, 3.05) is 31.6 Å². The minimum absolute atomic E-state index is 0.119. The molecule has 1 amide bonds. The maximum atomic E-state index is 12.9. The van der Waals surface area contributed by atoms with E-state index < -0.39 is 0 Å². The summed E-state index contributed by atoms with van der Waals surface area (Å²) in [5.74, 6) is 1.84. The predicted molar refractivity (Wildman–Crippen MR) is 96.4 cm³/mol. The first-order chi connectivity index (χ1) is 11.6. The van der Waals surface area contributed by atoms with Gasteiger partial charge in [-0.15, -0.1) is 11.3 Å². The summed E-state index contributed by atoms with van der Waals surface area (Å²) in [7, 11) is 0. The molecule has 0 aromatic carbocycles. The van der Waals surface area contributed by atoms with Crippen molar-refractivity contribution in [2.45, 2.75) is 33.2 Å². The van der Waals surface area contributed by atoms with E-state index in [1.807, 2.05) is 23.3 Å². The summed E-state index contributed by atoms with van der Waals surface area (Å²) in [5, 5.41) is 6.40. The average Bonchev–Trinajstić information content (AvgIpc) is 3.08. The first-order valence-electron chi connectivity index (χ1n) is 8.47. The molecular formula is C17H24N4O2S. The molecule has 24 heavy (non-hydrogen) atoms. The Bertz CT molecular complexity index is 710. The van der Waals surface area contributed by atoms with Crippen LogP contribution in [0.3, 0.4) is 0 Å². The number of hydrogen-bond donors (Lipinski definition) is 1. The van der Waals surface area contributed by atoms with Crippen LogP contribution in [-0.4, -0.2) is 53.1 Å². The van der Waals surface area contributed by atoms with Gasteiger partial charge in [0.2, 0.25) is 5.91 Å². The molecule has 1 unspecified atom stereocenters. The molecule has 1 saturated heterocycles. The molecule has 7 heteroatoms. The molecule has 2 aromatic rings. The monoisotopic (exact) mass is 348 g/mol. The highest BCUT2D eigenvalue weighted by atomic mass is 32.1. The lowest BCUT2D eigenvalue weighted by Crippen LogP contribution is -2.50. The van der Waals surface area contributed by atoms with E-state index in [0.29, 0.717) is 26.3 Å². The number of nitrogens with one attached hydrogen (secondary N) is 1. The van der Waals surface area contributed by atoms with Gasteiger partial charge in [0.05, 0.1) is 18.6 Å². The smallest absolute Gasteiger partial charge is 0.245 e. The normalized spacial score (nSPS) is 16.6. The Hall–Kier alpha value is -1.73. The highest BCUT2D eigenvalue weighted by molar-refractivity contribution is 7.16. The zero-order chi connectivity index (χ0) is 17.1. The molecule has 0 spiro atoms. The second-order valence-corrected chi connectivity index (χ2v) is 7.18. The second-order valence-electron chi connectivity index (χ2n) is 6.29. The fraction of sp³-hybridized carbons (Fsp3) is 0.588. The number of fused-ring (bicyclic) bond motifs is 1. The van der Waals surface area contributed by atoms with Gasteiger partial charge < -0.3 is 15.0 Å². The highest BCUT2D eigenvalue weighted by Gasteiger charge is 2.29. The number of amides is 1. The van der Waals surface area contributed by atoms with E-state index in [2.05, 4.69) is 29.1 Å². The van der Waals surface area contributed by atoms with Crippen molar-refractivity contribution in [3.63, 3.8) is 0 Å². The number of thiophene rings is 1. The van der Waals surface area contributed by atoms with Crippen molar-refractivity contribution in [3.8, 4) is 0 Å². The number of rotatable bonds is 5. The lowest BCUT2D eigenvalue weighted by atomic mass is 10.0. The number of morpholine rings is 1. The molecule has 130 valence electrons. The van der Waals surface area contributed by atoms with Gasteiger partial charge in [-0.05, 0) is 17.4 Å².